The fourth-order valence-electron chi connectivity index (χ4n) is 1.94. The first-order valence-corrected chi connectivity index (χ1v) is 5.93. The number of piperidine rings is 1. The molecule has 1 N–H and O–H groups in total. The summed E-state index contributed by atoms with van der Waals surface area (Å²) in [5, 5.41) is 4.48. The van der Waals surface area contributed by atoms with E-state index in [2.05, 4.69) is 26.5 Å². The van der Waals surface area contributed by atoms with Crippen LogP contribution in [-0.2, 0) is 0 Å². The van der Waals surface area contributed by atoms with Crippen molar-refractivity contribution in [1.82, 2.24) is 14.7 Å². The molecule has 1 aromatic heterocycles. The van der Waals surface area contributed by atoms with Gasteiger partial charge in [0.25, 0.3) is 0 Å². The van der Waals surface area contributed by atoms with Crippen molar-refractivity contribution in [2.75, 3.05) is 24.5 Å². The number of hydrogen-bond donors (Lipinski definition) is 1. The van der Waals surface area contributed by atoms with Crippen LogP contribution in [-0.4, -0.2) is 35.0 Å². The molecular formula is C9H16N4S. The van der Waals surface area contributed by atoms with Crippen molar-refractivity contribution < 1.29 is 0 Å². The monoisotopic (exact) mass is 212 g/mol. The highest BCUT2D eigenvalue weighted by molar-refractivity contribution is 7.09. The molecular weight excluding hydrogens is 196 g/mol. The Morgan fingerprint density at radius 3 is 3.21 bits per heavy atom. The van der Waals surface area contributed by atoms with Gasteiger partial charge in [-0.3, -0.25) is 0 Å². The zero-order chi connectivity index (χ0) is 9.80. The molecule has 5 heteroatoms. The minimum absolute atomic E-state index is 0.599. The van der Waals surface area contributed by atoms with Crippen molar-refractivity contribution in [3.63, 3.8) is 0 Å². The Balaban J connectivity index is 2.04. The molecule has 1 saturated heterocycles. The van der Waals surface area contributed by atoms with Gasteiger partial charge in [0.15, 0.2) is 0 Å². The highest BCUT2D eigenvalue weighted by Gasteiger charge is 2.21. The topological polar surface area (TPSA) is 41.1 Å². The Kier molecular flexibility index (Phi) is 3.31. The fourth-order valence-corrected chi connectivity index (χ4v) is 2.61. The van der Waals surface area contributed by atoms with Gasteiger partial charge in [0.2, 0.25) is 5.13 Å². The van der Waals surface area contributed by atoms with E-state index in [1.807, 2.05) is 0 Å². The zero-order valence-electron chi connectivity index (χ0n) is 8.44. The lowest BCUT2D eigenvalue weighted by Gasteiger charge is -2.33. The van der Waals surface area contributed by atoms with E-state index in [-0.39, 0.29) is 0 Å². The van der Waals surface area contributed by atoms with E-state index >= 15 is 0 Å². The molecule has 14 heavy (non-hydrogen) atoms. The van der Waals surface area contributed by atoms with Gasteiger partial charge in [-0.2, -0.15) is 4.37 Å². The maximum absolute atomic E-state index is 4.27. The van der Waals surface area contributed by atoms with Gasteiger partial charge in [0.1, 0.15) is 6.33 Å². The second-order valence-electron chi connectivity index (χ2n) is 3.51. The van der Waals surface area contributed by atoms with Crippen LogP contribution in [0, 0.1) is 0 Å². The van der Waals surface area contributed by atoms with E-state index in [4.69, 9.17) is 0 Å². The average molecular weight is 212 g/mol. The van der Waals surface area contributed by atoms with Crippen molar-refractivity contribution in [3.05, 3.63) is 6.33 Å². The number of hydrogen-bond acceptors (Lipinski definition) is 5. The van der Waals surface area contributed by atoms with Gasteiger partial charge in [0, 0.05) is 30.7 Å². The number of likely N-dealkylation sites (N-methyl/N-ethyl adjacent to an activating group) is 1. The number of rotatable bonds is 3. The summed E-state index contributed by atoms with van der Waals surface area (Å²) in [4.78, 5) is 6.62. The molecule has 4 nitrogen and oxygen atoms in total. The van der Waals surface area contributed by atoms with Crippen LogP contribution in [0.2, 0.25) is 0 Å². The maximum atomic E-state index is 4.27. The highest BCUT2D eigenvalue weighted by Crippen LogP contribution is 2.20. The number of anilines is 1. The lowest BCUT2D eigenvalue weighted by atomic mass is 10.1. The van der Waals surface area contributed by atoms with Crippen molar-refractivity contribution in [1.29, 1.82) is 0 Å². The Morgan fingerprint density at radius 2 is 2.64 bits per heavy atom. The third kappa shape index (κ3) is 2.04. The molecule has 1 aromatic rings. The molecule has 1 aliphatic heterocycles. The van der Waals surface area contributed by atoms with Crippen LogP contribution in [0.25, 0.3) is 0 Å². The van der Waals surface area contributed by atoms with Crippen LogP contribution < -0.4 is 10.2 Å². The normalized spacial score (nSPS) is 22.2. The molecule has 0 bridgehead atoms. The van der Waals surface area contributed by atoms with Crippen molar-refractivity contribution in [2.24, 2.45) is 0 Å². The van der Waals surface area contributed by atoms with Gasteiger partial charge in [-0.15, -0.1) is 0 Å². The molecule has 1 atom stereocenters. The van der Waals surface area contributed by atoms with Crippen LogP contribution >= 0.6 is 11.5 Å². The second-order valence-corrected chi connectivity index (χ2v) is 4.27. The summed E-state index contributed by atoms with van der Waals surface area (Å²) >= 11 is 1.49. The Morgan fingerprint density at radius 1 is 1.71 bits per heavy atom. The van der Waals surface area contributed by atoms with Crippen LogP contribution in [0.5, 0.6) is 0 Å². The Labute approximate surface area is 88.5 Å². The molecule has 0 aromatic carbocycles. The summed E-state index contributed by atoms with van der Waals surface area (Å²) in [6, 6.07) is 0.599. The quantitative estimate of drug-likeness (QED) is 0.815. The molecule has 0 radical (unpaired) electrons. The molecule has 0 aliphatic carbocycles. The third-order valence-electron chi connectivity index (χ3n) is 2.65. The molecule has 2 rings (SSSR count). The van der Waals surface area contributed by atoms with E-state index in [1.165, 1.54) is 24.4 Å². The van der Waals surface area contributed by atoms with Gasteiger partial charge >= 0.3 is 0 Å². The standard InChI is InChI=1S/C9H16N4S/c1-2-13(9-11-7-12-14-9)8-4-3-5-10-6-8/h7-8,10H,2-6H2,1H3. The Bertz CT molecular complexity index is 256. The summed E-state index contributed by atoms with van der Waals surface area (Å²) < 4.78 is 4.05. The summed E-state index contributed by atoms with van der Waals surface area (Å²) in [6.45, 7) is 5.43. The molecule has 2 heterocycles. The largest absolute Gasteiger partial charge is 0.343 e. The second kappa shape index (κ2) is 4.70. The lowest BCUT2D eigenvalue weighted by molar-refractivity contribution is 0.435. The van der Waals surface area contributed by atoms with Crippen molar-refractivity contribution in [3.8, 4) is 0 Å². The number of nitrogens with one attached hydrogen (secondary N) is 1. The zero-order valence-corrected chi connectivity index (χ0v) is 9.26. The molecule has 78 valence electrons. The smallest absolute Gasteiger partial charge is 0.205 e. The summed E-state index contributed by atoms with van der Waals surface area (Å²) in [7, 11) is 0. The first-order chi connectivity index (χ1) is 6.92. The molecule has 1 fully saturated rings. The summed E-state index contributed by atoms with van der Waals surface area (Å²) in [5.41, 5.74) is 0. The first-order valence-electron chi connectivity index (χ1n) is 5.16. The Hall–Kier alpha value is -0.680. The van der Waals surface area contributed by atoms with Gasteiger partial charge in [-0.1, -0.05) is 0 Å². The van der Waals surface area contributed by atoms with Gasteiger partial charge < -0.3 is 10.2 Å². The molecule has 0 spiro atoms. The van der Waals surface area contributed by atoms with Gasteiger partial charge in [0.05, 0.1) is 0 Å². The molecule has 1 unspecified atom stereocenters. The van der Waals surface area contributed by atoms with Crippen molar-refractivity contribution in [2.45, 2.75) is 25.8 Å². The maximum Gasteiger partial charge on any atom is 0.205 e. The van der Waals surface area contributed by atoms with E-state index in [0.717, 1.165) is 24.8 Å². The predicted octanol–water partition coefficient (Wildman–Crippen LogP) is 1.12. The molecule has 0 saturated carbocycles. The van der Waals surface area contributed by atoms with Crippen LogP contribution in [0.15, 0.2) is 6.33 Å². The van der Waals surface area contributed by atoms with Crippen molar-refractivity contribution >= 4 is 16.7 Å². The average Bonchev–Trinajstić information content (AvgIpc) is 2.74. The summed E-state index contributed by atoms with van der Waals surface area (Å²) in [6.07, 6.45) is 4.17. The molecule has 0 amide bonds. The lowest BCUT2D eigenvalue weighted by Crippen LogP contribution is -2.46. The molecule has 1 aliphatic rings. The van der Waals surface area contributed by atoms with Gasteiger partial charge in [-0.05, 0) is 26.3 Å². The number of aromatic nitrogens is 2. The van der Waals surface area contributed by atoms with Gasteiger partial charge in [-0.25, -0.2) is 4.98 Å². The van der Waals surface area contributed by atoms with E-state index in [0.29, 0.717) is 6.04 Å². The predicted molar refractivity (Wildman–Crippen MR) is 58.8 cm³/mol. The van der Waals surface area contributed by atoms with Crippen LogP contribution in [0.3, 0.4) is 0 Å². The van der Waals surface area contributed by atoms with E-state index < -0.39 is 0 Å². The SMILES string of the molecule is CCN(c1ncns1)C1CCCNC1. The number of nitrogens with zero attached hydrogens (tertiary/aromatic N) is 3. The van der Waals surface area contributed by atoms with Crippen LogP contribution in [0.4, 0.5) is 5.13 Å². The minimum atomic E-state index is 0.599. The fraction of sp³-hybridized carbons (Fsp3) is 0.778. The first kappa shape index (κ1) is 9.86. The highest BCUT2D eigenvalue weighted by atomic mass is 32.1. The van der Waals surface area contributed by atoms with E-state index in [1.54, 1.807) is 6.33 Å². The third-order valence-corrected chi connectivity index (χ3v) is 3.35. The van der Waals surface area contributed by atoms with E-state index in [9.17, 15) is 0 Å². The summed E-state index contributed by atoms with van der Waals surface area (Å²) in [5.74, 6) is 0. The minimum Gasteiger partial charge on any atom is -0.343 e. The van der Waals surface area contributed by atoms with Crippen LogP contribution in [0.1, 0.15) is 19.8 Å².